The number of hydrogen-bond donors (Lipinski definition) is 1. The summed E-state index contributed by atoms with van der Waals surface area (Å²) in [6.45, 7) is 0.748. The molecule has 1 heterocycles. The number of carbonyl (C=O) groups excluding carboxylic acids is 1. The van der Waals surface area contributed by atoms with Gasteiger partial charge in [0.05, 0.1) is 12.3 Å². The fourth-order valence-electron chi connectivity index (χ4n) is 1.79. The Morgan fingerprint density at radius 3 is 2.78 bits per heavy atom. The average Bonchev–Trinajstić information content (AvgIpc) is 2.65. The first kappa shape index (κ1) is 13.1. The lowest BCUT2D eigenvalue weighted by molar-refractivity contribution is -0.117. The van der Waals surface area contributed by atoms with Crippen LogP contribution in [0, 0.1) is 11.6 Å². The van der Waals surface area contributed by atoms with Crippen LogP contribution in [0.5, 0.6) is 0 Å². The van der Waals surface area contributed by atoms with E-state index in [1.54, 1.807) is 4.90 Å². The summed E-state index contributed by atoms with van der Waals surface area (Å²) in [5.74, 6) is -2.42. The minimum atomic E-state index is -0.943. The van der Waals surface area contributed by atoms with Gasteiger partial charge >= 0.3 is 0 Å². The van der Waals surface area contributed by atoms with Crippen molar-refractivity contribution in [1.82, 2.24) is 0 Å². The van der Waals surface area contributed by atoms with E-state index in [9.17, 15) is 13.6 Å². The smallest absolute Gasteiger partial charge is 0.251 e. The van der Waals surface area contributed by atoms with Crippen molar-refractivity contribution < 1.29 is 18.3 Å². The van der Waals surface area contributed by atoms with Gasteiger partial charge in [0.2, 0.25) is 0 Å². The molecule has 98 valence electrons. The van der Waals surface area contributed by atoms with Crippen molar-refractivity contribution in [2.45, 2.75) is 10.3 Å². The third-order valence-corrected chi connectivity index (χ3v) is 3.90. The van der Waals surface area contributed by atoms with Crippen LogP contribution < -0.4 is 10.6 Å². The first-order valence-electron chi connectivity index (χ1n) is 5.25. The predicted molar refractivity (Wildman–Crippen MR) is 64.4 cm³/mol. The molecule has 18 heavy (non-hydrogen) atoms. The maximum Gasteiger partial charge on any atom is 0.251 e. The summed E-state index contributed by atoms with van der Waals surface area (Å²) in [6, 6.07) is 2.16. The number of methoxy groups -OCH3 is 1. The molecule has 0 saturated heterocycles. The molecule has 0 saturated carbocycles. The molecule has 1 aliphatic rings. The quantitative estimate of drug-likeness (QED) is 0.900. The molecule has 0 bridgehead atoms. The standard InChI is InChI=1S/C11H12F2N2O2S/c1-17-3-2-15-8-4-6(12)7(13)5-9(8)18-11(15)10(14)16/h4-5,11H,2-3H2,1H3,(H2,14,16). The van der Waals surface area contributed by atoms with Gasteiger partial charge in [-0.25, -0.2) is 8.78 Å². The lowest BCUT2D eigenvalue weighted by Gasteiger charge is -2.23. The van der Waals surface area contributed by atoms with E-state index in [1.165, 1.54) is 7.11 Å². The fourth-order valence-corrected chi connectivity index (χ4v) is 2.96. The second-order valence-corrected chi connectivity index (χ2v) is 4.91. The number of carbonyl (C=O) groups is 1. The summed E-state index contributed by atoms with van der Waals surface area (Å²) >= 11 is 1.11. The topological polar surface area (TPSA) is 55.6 Å². The van der Waals surface area contributed by atoms with E-state index in [0.717, 1.165) is 23.9 Å². The van der Waals surface area contributed by atoms with Crippen molar-refractivity contribution in [2.75, 3.05) is 25.2 Å². The predicted octanol–water partition coefficient (Wildman–Crippen LogP) is 1.33. The van der Waals surface area contributed by atoms with Crippen LogP contribution in [0.25, 0.3) is 0 Å². The minimum Gasteiger partial charge on any atom is -0.383 e. The number of primary amides is 1. The van der Waals surface area contributed by atoms with Crippen molar-refractivity contribution >= 4 is 23.4 Å². The van der Waals surface area contributed by atoms with Crippen molar-refractivity contribution in [3.63, 3.8) is 0 Å². The first-order valence-corrected chi connectivity index (χ1v) is 6.13. The van der Waals surface area contributed by atoms with Gasteiger partial charge in [0, 0.05) is 24.6 Å². The van der Waals surface area contributed by atoms with Gasteiger partial charge in [-0.1, -0.05) is 11.8 Å². The SMILES string of the molecule is COCCN1c2cc(F)c(F)cc2SC1C(N)=O. The molecule has 1 amide bonds. The number of hydrogen-bond acceptors (Lipinski definition) is 4. The van der Waals surface area contributed by atoms with Crippen LogP contribution in [0.15, 0.2) is 17.0 Å². The highest BCUT2D eigenvalue weighted by atomic mass is 32.2. The van der Waals surface area contributed by atoms with Crippen LogP contribution in [0.1, 0.15) is 0 Å². The van der Waals surface area contributed by atoms with E-state index < -0.39 is 22.9 Å². The number of nitrogens with two attached hydrogens (primary N) is 1. The third-order valence-electron chi connectivity index (χ3n) is 2.61. The van der Waals surface area contributed by atoms with E-state index in [0.29, 0.717) is 23.7 Å². The Kier molecular flexibility index (Phi) is 3.72. The molecule has 0 fully saturated rings. The molecule has 1 aromatic carbocycles. The van der Waals surface area contributed by atoms with Crippen LogP contribution in [0.3, 0.4) is 0 Å². The van der Waals surface area contributed by atoms with Crippen molar-refractivity contribution in [3.8, 4) is 0 Å². The van der Waals surface area contributed by atoms with Gasteiger partial charge in [0.25, 0.3) is 5.91 Å². The molecular weight excluding hydrogens is 262 g/mol. The molecule has 7 heteroatoms. The normalized spacial score (nSPS) is 17.9. The number of nitrogens with zero attached hydrogens (tertiary/aromatic N) is 1. The zero-order valence-electron chi connectivity index (χ0n) is 9.65. The largest absolute Gasteiger partial charge is 0.383 e. The van der Waals surface area contributed by atoms with E-state index in [4.69, 9.17) is 10.5 Å². The van der Waals surface area contributed by atoms with Crippen molar-refractivity contribution in [3.05, 3.63) is 23.8 Å². The highest BCUT2D eigenvalue weighted by molar-refractivity contribution is 8.01. The molecule has 0 radical (unpaired) electrons. The lowest BCUT2D eigenvalue weighted by atomic mass is 10.2. The highest BCUT2D eigenvalue weighted by Gasteiger charge is 2.34. The van der Waals surface area contributed by atoms with Crippen LogP contribution in [0.2, 0.25) is 0 Å². The van der Waals surface area contributed by atoms with Gasteiger partial charge in [-0.2, -0.15) is 0 Å². The van der Waals surface area contributed by atoms with Crippen LogP contribution in [-0.2, 0) is 9.53 Å². The van der Waals surface area contributed by atoms with E-state index >= 15 is 0 Å². The molecule has 2 N–H and O–H groups in total. The molecule has 4 nitrogen and oxygen atoms in total. The lowest BCUT2D eigenvalue weighted by Crippen LogP contribution is -2.41. The van der Waals surface area contributed by atoms with Crippen molar-refractivity contribution in [1.29, 1.82) is 0 Å². The summed E-state index contributed by atoms with van der Waals surface area (Å²) in [6.07, 6.45) is 0. The number of ether oxygens (including phenoxy) is 1. The molecule has 2 rings (SSSR count). The minimum absolute atomic E-state index is 0.364. The third kappa shape index (κ3) is 2.28. The monoisotopic (exact) mass is 274 g/mol. The van der Waals surface area contributed by atoms with Crippen molar-refractivity contribution in [2.24, 2.45) is 5.73 Å². The molecule has 1 atom stereocenters. The Bertz CT molecular complexity index is 484. The first-order chi connectivity index (χ1) is 8.54. The molecule has 0 aliphatic carbocycles. The molecule has 0 aromatic heterocycles. The maximum absolute atomic E-state index is 13.2. The number of fused-ring (bicyclic) bond motifs is 1. The Hall–Kier alpha value is -1.34. The van der Waals surface area contributed by atoms with Gasteiger partial charge in [-0.05, 0) is 6.07 Å². The number of thioether (sulfide) groups is 1. The number of rotatable bonds is 4. The zero-order valence-corrected chi connectivity index (χ0v) is 10.5. The number of anilines is 1. The van der Waals surface area contributed by atoms with Crippen LogP contribution in [-0.4, -0.2) is 31.5 Å². The van der Waals surface area contributed by atoms with E-state index in [-0.39, 0.29) is 0 Å². The molecule has 1 aromatic rings. The maximum atomic E-state index is 13.2. The second kappa shape index (κ2) is 5.11. The van der Waals surface area contributed by atoms with E-state index in [1.807, 2.05) is 0 Å². The summed E-state index contributed by atoms with van der Waals surface area (Å²) in [4.78, 5) is 13.5. The zero-order chi connectivity index (χ0) is 13.3. The summed E-state index contributed by atoms with van der Waals surface area (Å²) < 4.78 is 31.3. The summed E-state index contributed by atoms with van der Waals surface area (Å²) in [5, 5.41) is -0.656. The molecule has 1 unspecified atom stereocenters. The molecule has 0 spiro atoms. The molecule has 1 aliphatic heterocycles. The Labute approximate surface area is 107 Å². The average molecular weight is 274 g/mol. The van der Waals surface area contributed by atoms with Gasteiger partial charge < -0.3 is 15.4 Å². The Morgan fingerprint density at radius 2 is 2.17 bits per heavy atom. The fraction of sp³-hybridized carbons (Fsp3) is 0.364. The van der Waals surface area contributed by atoms with E-state index in [2.05, 4.69) is 0 Å². The molecular formula is C11H12F2N2O2S. The number of halogens is 2. The van der Waals surface area contributed by atoms with Gasteiger partial charge in [-0.15, -0.1) is 0 Å². The number of benzene rings is 1. The number of amides is 1. The van der Waals surface area contributed by atoms with Gasteiger partial charge in [-0.3, -0.25) is 4.79 Å². The summed E-state index contributed by atoms with van der Waals surface area (Å²) in [7, 11) is 1.52. The second-order valence-electron chi connectivity index (χ2n) is 3.79. The summed E-state index contributed by atoms with van der Waals surface area (Å²) in [5.41, 5.74) is 5.76. The van der Waals surface area contributed by atoms with Gasteiger partial charge in [0.15, 0.2) is 17.0 Å². The van der Waals surface area contributed by atoms with Gasteiger partial charge in [0.1, 0.15) is 0 Å². The van der Waals surface area contributed by atoms with Crippen LogP contribution >= 0.6 is 11.8 Å². The Morgan fingerprint density at radius 1 is 1.50 bits per heavy atom. The van der Waals surface area contributed by atoms with Crippen LogP contribution in [0.4, 0.5) is 14.5 Å². The Balaban J connectivity index is 2.36. The highest BCUT2D eigenvalue weighted by Crippen LogP contribution is 2.43.